The highest BCUT2D eigenvalue weighted by atomic mass is 19.1. The van der Waals surface area contributed by atoms with Gasteiger partial charge in [-0.3, -0.25) is 0 Å². The van der Waals surface area contributed by atoms with Crippen LogP contribution >= 0.6 is 0 Å². The third kappa shape index (κ3) is 5.19. The second kappa shape index (κ2) is 8.85. The zero-order valence-corrected chi connectivity index (χ0v) is 13.0. The number of hydrogen-bond donors (Lipinski definition) is 1. The lowest BCUT2D eigenvalue weighted by Gasteiger charge is -2.00. The van der Waals surface area contributed by atoms with E-state index in [0.717, 1.165) is 18.2 Å². The van der Waals surface area contributed by atoms with Crippen LogP contribution in [0.2, 0.25) is 0 Å². The largest absolute Gasteiger partial charge is 0.478 e. The Balaban J connectivity index is 0.000000251. The van der Waals surface area contributed by atoms with Crippen LogP contribution in [0.1, 0.15) is 31.8 Å². The Hall–Kier alpha value is -3.64. The number of hydrogen-bond acceptors (Lipinski definition) is 3. The average Bonchev–Trinajstić information content (AvgIpc) is 2.62. The standard InChI is InChI=1S/C10H7FO2.C9H5FO2/c1-3-7-4-5-9(11)8(6-7)10(12)13-2;1-2-6-3-4-8(10)7(5-6)9(11)12/h1,4-6H,2H3;1,3-5H,(H,11,12). The summed E-state index contributed by atoms with van der Waals surface area (Å²) < 4.78 is 30.1. The molecule has 0 atom stereocenters. The lowest BCUT2D eigenvalue weighted by Crippen LogP contribution is -2.04. The highest BCUT2D eigenvalue weighted by Crippen LogP contribution is 2.11. The highest BCUT2D eigenvalue weighted by Gasteiger charge is 2.11. The monoisotopic (exact) mass is 342 g/mol. The summed E-state index contributed by atoms with van der Waals surface area (Å²) in [6.45, 7) is 0. The fourth-order valence-corrected chi connectivity index (χ4v) is 1.66. The van der Waals surface area contributed by atoms with E-state index in [1.54, 1.807) is 0 Å². The predicted molar refractivity (Wildman–Crippen MR) is 87.0 cm³/mol. The predicted octanol–water partition coefficient (Wildman–Crippen LogP) is 3.10. The van der Waals surface area contributed by atoms with Gasteiger partial charge in [0.15, 0.2) is 0 Å². The molecule has 0 aliphatic heterocycles. The van der Waals surface area contributed by atoms with Crippen molar-refractivity contribution in [3.63, 3.8) is 0 Å². The summed E-state index contributed by atoms with van der Waals surface area (Å²) in [5, 5.41) is 8.48. The van der Waals surface area contributed by atoms with Gasteiger partial charge in [-0.1, -0.05) is 11.8 Å². The van der Waals surface area contributed by atoms with E-state index in [0.29, 0.717) is 11.1 Å². The van der Waals surface area contributed by atoms with Crippen LogP contribution in [0, 0.1) is 36.3 Å². The van der Waals surface area contributed by atoms with Gasteiger partial charge in [0.2, 0.25) is 0 Å². The molecule has 0 aromatic heterocycles. The number of halogens is 2. The van der Waals surface area contributed by atoms with Crippen LogP contribution in [-0.2, 0) is 4.74 Å². The number of benzene rings is 2. The van der Waals surface area contributed by atoms with E-state index in [1.165, 1.54) is 25.3 Å². The molecule has 0 aliphatic rings. The molecule has 4 nitrogen and oxygen atoms in total. The van der Waals surface area contributed by atoms with E-state index < -0.39 is 29.1 Å². The summed E-state index contributed by atoms with van der Waals surface area (Å²) >= 11 is 0. The second-order valence-corrected chi connectivity index (χ2v) is 4.47. The van der Waals surface area contributed by atoms with Crippen molar-refractivity contribution >= 4 is 11.9 Å². The van der Waals surface area contributed by atoms with E-state index in [1.807, 2.05) is 0 Å². The van der Waals surface area contributed by atoms with Crippen molar-refractivity contribution in [3.05, 3.63) is 70.3 Å². The number of carbonyl (C=O) groups is 2. The van der Waals surface area contributed by atoms with Crippen molar-refractivity contribution in [3.8, 4) is 24.7 Å². The summed E-state index contributed by atoms with van der Waals surface area (Å²) in [5.74, 6) is 1.07. The zero-order chi connectivity index (χ0) is 19.0. The van der Waals surface area contributed by atoms with Crippen LogP contribution in [0.5, 0.6) is 0 Å². The Morgan fingerprint density at radius 1 is 0.960 bits per heavy atom. The van der Waals surface area contributed by atoms with Crippen molar-refractivity contribution in [2.45, 2.75) is 0 Å². The molecule has 6 heteroatoms. The van der Waals surface area contributed by atoms with Gasteiger partial charge in [0, 0.05) is 11.1 Å². The molecule has 0 spiro atoms. The zero-order valence-electron chi connectivity index (χ0n) is 13.0. The topological polar surface area (TPSA) is 63.6 Å². The number of aromatic carboxylic acids is 1. The number of methoxy groups -OCH3 is 1. The van der Waals surface area contributed by atoms with Gasteiger partial charge in [0.1, 0.15) is 11.6 Å². The molecule has 0 unspecified atom stereocenters. The number of rotatable bonds is 2. The molecule has 126 valence electrons. The number of terminal acetylenes is 2. The first-order valence-corrected chi connectivity index (χ1v) is 6.68. The van der Waals surface area contributed by atoms with Crippen LogP contribution < -0.4 is 0 Å². The first-order chi connectivity index (χ1) is 11.8. The molecule has 0 heterocycles. The Morgan fingerprint density at radius 2 is 1.40 bits per heavy atom. The molecule has 0 saturated heterocycles. The fourth-order valence-electron chi connectivity index (χ4n) is 1.66. The Bertz CT molecular complexity index is 889. The van der Waals surface area contributed by atoms with Crippen LogP contribution in [0.25, 0.3) is 0 Å². The maximum absolute atomic E-state index is 13.0. The highest BCUT2D eigenvalue weighted by molar-refractivity contribution is 5.90. The number of carboxylic acids is 1. The molecule has 0 radical (unpaired) electrons. The molecule has 25 heavy (non-hydrogen) atoms. The summed E-state index contributed by atoms with van der Waals surface area (Å²) in [6.07, 6.45) is 10.1. The third-order valence-corrected chi connectivity index (χ3v) is 2.90. The molecule has 1 N–H and O–H groups in total. The van der Waals surface area contributed by atoms with E-state index in [-0.39, 0.29) is 5.56 Å². The van der Waals surface area contributed by atoms with Crippen LogP contribution in [0.4, 0.5) is 8.78 Å². The number of ether oxygens (including phenoxy) is 1. The molecular formula is C19H12F2O4. The third-order valence-electron chi connectivity index (χ3n) is 2.90. The van der Waals surface area contributed by atoms with E-state index >= 15 is 0 Å². The van der Waals surface area contributed by atoms with Crippen LogP contribution in [-0.4, -0.2) is 24.2 Å². The van der Waals surface area contributed by atoms with E-state index in [9.17, 15) is 18.4 Å². The minimum absolute atomic E-state index is 0.141. The van der Waals surface area contributed by atoms with E-state index in [4.69, 9.17) is 18.0 Å². The SMILES string of the molecule is C#Cc1ccc(F)c(C(=O)O)c1.C#Cc1ccc(F)c(C(=O)OC)c1. The molecular weight excluding hydrogens is 330 g/mol. The van der Waals surface area contributed by atoms with Crippen molar-refractivity contribution in [1.29, 1.82) is 0 Å². The lowest BCUT2D eigenvalue weighted by atomic mass is 10.1. The minimum atomic E-state index is -1.32. The second-order valence-electron chi connectivity index (χ2n) is 4.47. The fraction of sp³-hybridized carbons (Fsp3) is 0.0526. The Morgan fingerprint density at radius 3 is 1.80 bits per heavy atom. The molecule has 0 saturated carbocycles. The molecule has 2 aromatic carbocycles. The molecule has 0 bridgehead atoms. The van der Waals surface area contributed by atoms with Crippen molar-refractivity contribution in [2.24, 2.45) is 0 Å². The average molecular weight is 342 g/mol. The Labute approximate surface area is 143 Å². The van der Waals surface area contributed by atoms with Crippen molar-refractivity contribution < 1.29 is 28.2 Å². The Kier molecular flexibility index (Phi) is 6.87. The van der Waals surface area contributed by atoms with Gasteiger partial charge >= 0.3 is 11.9 Å². The van der Waals surface area contributed by atoms with E-state index in [2.05, 4.69) is 16.6 Å². The maximum atomic E-state index is 13.0. The van der Waals surface area contributed by atoms with Gasteiger partial charge in [-0.15, -0.1) is 12.8 Å². The summed E-state index contributed by atoms with van der Waals surface area (Å²) in [4.78, 5) is 21.4. The van der Waals surface area contributed by atoms with Crippen molar-refractivity contribution in [2.75, 3.05) is 7.11 Å². The lowest BCUT2D eigenvalue weighted by molar-refractivity contribution is 0.0594. The summed E-state index contributed by atoms with van der Waals surface area (Å²) in [7, 11) is 1.18. The van der Waals surface area contributed by atoms with Crippen LogP contribution in [0.3, 0.4) is 0 Å². The van der Waals surface area contributed by atoms with Crippen molar-refractivity contribution in [1.82, 2.24) is 0 Å². The summed E-state index contributed by atoms with van der Waals surface area (Å²) in [6, 6.07) is 7.35. The van der Waals surface area contributed by atoms with Gasteiger partial charge < -0.3 is 9.84 Å². The molecule has 0 aliphatic carbocycles. The normalized spacial score (nSPS) is 9.00. The molecule has 2 rings (SSSR count). The summed E-state index contributed by atoms with van der Waals surface area (Å²) in [5.41, 5.74) is 0.263. The quantitative estimate of drug-likeness (QED) is 0.673. The molecule has 0 amide bonds. The van der Waals surface area contributed by atoms with Gasteiger partial charge in [-0.05, 0) is 36.4 Å². The van der Waals surface area contributed by atoms with Gasteiger partial charge in [-0.2, -0.15) is 0 Å². The molecule has 2 aromatic rings. The first-order valence-electron chi connectivity index (χ1n) is 6.68. The van der Waals surface area contributed by atoms with Gasteiger partial charge in [0.25, 0.3) is 0 Å². The smallest absolute Gasteiger partial charge is 0.340 e. The molecule has 0 fully saturated rings. The van der Waals surface area contributed by atoms with Crippen LogP contribution in [0.15, 0.2) is 36.4 Å². The minimum Gasteiger partial charge on any atom is -0.478 e. The maximum Gasteiger partial charge on any atom is 0.340 e. The number of carbonyl (C=O) groups excluding carboxylic acids is 1. The number of esters is 1. The van der Waals surface area contributed by atoms with Gasteiger partial charge in [-0.25, -0.2) is 18.4 Å². The first kappa shape index (κ1) is 19.4. The van der Waals surface area contributed by atoms with Gasteiger partial charge in [0.05, 0.1) is 18.2 Å². The number of carboxylic acid groups (broad SMARTS) is 1.